The topological polar surface area (TPSA) is 29.7 Å². The van der Waals surface area contributed by atoms with E-state index < -0.39 is 0 Å². The van der Waals surface area contributed by atoms with Crippen molar-refractivity contribution in [2.75, 3.05) is 20.6 Å². The molecule has 0 aromatic carbocycles. The van der Waals surface area contributed by atoms with E-state index in [-0.39, 0.29) is 22.6 Å². The van der Waals surface area contributed by atoms with Gasteiger partial charge in [0, 0.05) is 6.04 Å². The second kappa shape index (κ2) is 7.26. The Morgan fingerprint density at radius 2 is 1.80 bits per heavy atom. The van der Waals surface area contributed by atoms with Crippen molar-refractivity contribution in [1.82, 2.24) is 4.90 Å². The van der Waals surface area contributed by atoms with E-state index >= 15 is 0 Å². The van der Waals surface area contributed by atoms with Gasteiger partial charge in [-0.3, -0.25) is 0 Å². The molecule has 0 bridgehead atoms. The van der Waals surface area contributed by atoms with Crippen LogP contribution in [0, 0.1) is 0 Å². The van der Waals surface area contributed by atoms with Crippen molar-refractivity contribution in [3.8, 4) is 0 Å². The van der Waals surface area contributed by atoms with E-state index in [1.54, 1.807) is 0 Å². The van der Waals surface area contributed by atoms with Gasteiger partial charge in [0.1, 0.15) is 0 Å². The first kappa shape index (κ1) is 17.3. The van der Waals surface area contributed by atoms with E-state index in [1.165, 1.54) is 0 Å². The first-order valence-electron chi connectivity index (χ1n) is 5.13. The Balaban J connectivity index is 0. The fraction of sp³-hybridized carbons (Fsp3) is 0.909. The molecule has 94 valence electrons. The zero-order chi connectivity index (χ0) is 11.4. The van der Waals surface area contributed by atoms with Gasteiger partial charge in [-0.05, 0) is 40.0 Å². The summed E-state index contributed by atoms with van der Waals surface area (Å²) in [5.41, 5.74) is -0.0189. The summed E-state index contributed by atoms with van der Waals surface area (Å²) < 4.78 is 0. The maximum atomic E-state index is 4.47. The molecule has 0 fully saturated rings. The van der Waals surface area contributed by atoms with Crippen LogP contribution >= 0.6 is 0 Å². The quantitative estimate of drug-likeness (QED) is 0.436. The Kier molecular flexibility index (Phi) is 8.40. The Labute approximate surface area is 105 Å². The van der Waals surface area contributed by atoms with Gasteiger partial charge in [-0.25, -0.2) is 0 Å². The number of likely N-dealkylation sites (N-methyl/N-ethyl adjacent to an activating group) is 1. The summed E-state index contributed by atoms with van der Waals surface area (Å²) in [6.45, 7) is 11.2. The molecule has 0 aliphatic rings. The molecule has 1 unspecified atom stereocenters. The van der Waals surface area contributed by atoms with Gasteiger partial charge in [-0.2, -0.15) is 0 Å². The molecule has 0 aromatic heterocycles. The third kappa shape index (κ3) is 10.2. The summed E-state index contributed by atoms with van der Waals surface area (Å²) in [7, 11) is 4.13. The molecule has 4 heteroatoms. The summed E-state index contributed by atoms with van der Waals surface area (Å²) in [4.78, 5) is 6.63. The molecule has 0 aliphatic carbocycles. The molecule has 0 radical (unpaired) electrons. The summed E-state index contributed by atoms with van der Waals surface area (Å²) in [6, 6.07) is 0.472. The number of hydrogen-bond donors (Lipinski definition) is 0. The molecule has 0 aliphatic heterocycles. The zero-order valence-electron chi connectivity index (χ0n) is 10.9. The van der Waals surface area contributed by atoms with Crippen LogP contribution in [0.2, 0.25) is 0 Å². The van der Waals surface area contributed by atoms with Gasteiger partial charge >= 0.3 is 17.1 Å². The maximum Gasteiger partial charge on any atom is 1.00 e. The van der Waals surface area contributed by atoms with Crippen LogP contribution < -0.4 is 0 Å². The monoisotopic (exact) mass is 261 g/mol. The predicted molar refractivity (Wildman–Crippen MR) is 64.2 cm³/mol. The number of nitrogens with zero attached hydrogens (tertiary/aromatic N) is 3. The Hall–Kier alpha value is -0.0505. The first-order valence-corrected chi connectivity index (χ1v) is 5.13. The fourth-order valence-electron chi connectivity index (χ4n) is 0.948. The molecule has 0 rings (SSSR count). The molecule has 15 heavy (non-hydrogen) atoms. The molecule has 0 saturated carbocycles. The molecule has 0 saturated heterocycles. The third-order valence-corrected chi connectivity index (χ3v) is 1.96. The summed E-state index contributed by atoms with van der Waals surface area (Å²) >= 11 is 0. The van der Waals surface area contributed by atoms with Gasteiger partial charge in [0.25, 0.3) is 0 Å². The van der Waals surface area contributed by atoms with Crippen molar-refractivity contribution in [2.24, 2.45) is 4.99 Å². The van der Waals surface area contributed by atoms with E-state index in [0.29, 0.717) is 6.04 Å². The minimum atomic E-state index is -0.0189. The molecular weight excluding hydrogens is 238 g/mol. The number of rotatable bonds is 3. The molecule has 0 heterocycles. The van der Waals surface area contributed by atoms with Gasteiger partial charge in [0.05, 0.1) is 0 Å². The molecule has 1 atom stereocenters. The standard InChI is InChI=1S/C11H24N3.Cu/c1-9(14(6)7)8-12-10(2)13-11(3,4)5;/h9H,8H2,1-7H3;/q-1;+1. The fourth-order valence-corrected chi connectivity index (χ4v) is 0.948. The number of aliphatic imine (C=N–C) groups is 1. The zero-order valence-corrected chi connectivity index (χ0v) is 11.9. The maximum absolute atomic E-state index is 4.47. The average Bonchev–Trinajstić information content (AvgIpc) is 1.96. The molecule has 0 N–H and O–H groups in total. The summed E-state index contributed by atoms with van der Waals surface area (Å²) in [5.74, 6) is 0.895. The molecule has 0 amide bonds. The van der Waals surface area contributed by atoms with Crippen LogP contribution in [0.4, 0.5) is 0 Å². The first-order chi connectivity index (χ1) is 6.22. The van der Waals surface area contributed by atoms with E-state index in [0.717, 1.165) is 12.4 Å². The van der Waals surface area contributed by atoms with Gasteiger partial charge < -0.3 is 15.2 Å². The van der Waals surface area contributed by atoms with Crippen LogP contribution in [0.25, 0.3) is 5.32 Å². The van der Waals surface area contributed by atoms with E-state index in [1.807, 2.05) is 6.92 Å². The van der Waals surface area contributed by atoms with Gasteiger partial charge in [-0.15, -0.1) is 0 Å². The molecule has 0 aromatic rings. The molecular formula is C11H24CuN3. The van der Waals surface area contributed by atoms with Crippen LogP contribution in [-0.4, -0.2) is 43.0 Å². The number of hydrogen-bond acceptors (Lipinski definition) is 2. The van der Waals surface area contributed by atoms with Crippen molar-refractivity contribution in [3.63, 3.8) is 0 Å². The predicted octanol–water partition coefficient (Wildman–Crippen LogP) is 2.52. The SMILES string of the molecule is CC(=NC(C)(C)C)[N-]CC(C)N(C)C.[Cu+]. The van der Waals surface area contributed by atoms with Crippen LogP contribution in [0.3, 0.4) is 0 Å². The molecule has 3 nitrogen and oxygen atoms in total. The smallest absolute Gasteiger partial charge is 0.468 e. The largest absolute Gasteiger partial charge is 1.00 e. The summed E-state index contributed by atoms with van der Waals surface area (Å²) in [5, 5.41) is 4.44. The van der Waals surface area contributed by atoms with E-state index in [2.05, 4.69) is 57.0 Å². The summed E-state index contributed by atoms with van der Waals surface area (Å²) in [6.07, 6.45) is 0. The number of amidine groups is 1. The normalized spacial score (nSPS) is 14.8. The van der Waals surface area contributed by atoms with E-state index in [9.17, 15) is 0 Å². The van der Waals surface area contributed by atoms with Gasteiger partial charge in [0.15, 0.2) is 0 Å². The van der Waals surface area contributed by atoms with Crippen LogP contribution in [0.15, 0.2) is 4.99 Å². The second-order valence-electron chi connectivity index (χ2n) is 4.98. The van der Waals surface area contributed by atoms with Crippen molar-refractivity contribution >= 4 is 5.84 Å². The van der Waals surface area contributed by atoms with Crippen LogP contribution in [-0.2, 0) is 17.1 Å². The minimum Gasteiger partial charge on any atom is -0.468 e. The average molecular weight is 262 g/mol. The molecule has 0 spiro atoms. The van der Waals surface area contributed by atoms with Crippen LogP contribution in [0.1, 0.15) is 34.6 Å². The van der Waals surface area contributed by atoms with E-state index in [4.69, 9.17) is 0 Å². The van der Waals surface area contributed by atoms with Crippen molar-refractivity contribution < 1.29 is 17.1 Å². The Bertz CT molecular complexity index is 194. The Morgan fingerprint density at radius 1 is 1.33 bits per heavy atom. The third-order valence-electron chi connectivity index (χ3n) is 1.96. The van der Waals surface area contributed by atoms with Gasteiger partial charge in [0.2, 0.25) is 0 Å². The second-order valence-corrected chi connectivity index (χ2v) is 4.98. The van der Waals surface area contributed by atoms with Crippen LogP contribution in [0.5, 0.6) is 0 Å². The van der Waals surface area contributed by atoms with Crippen molar-refractivity contribution in [2.45, 2.75) is 46.2 Å². The van der Waals surface area contributed by atoms with Crippen molar-refractivity contribution in [1.29, 1.82) is 0 Å². The minimum absolute atomic E-state index is 0. The Morgan fingerprint density at radius 3 is 2.13 bits per heavy atom. The van der Waals surface area contributed by atoms with Gasteiger partial charge in [-0.1, -0.05) is 26.6 Å². The van der Waals surface area contributed by atoms with Crippen molar-refractivity contribution in [3.05, 3.63) is 5.32 Å².